The summed E-state index contributed by atoms with van der Waals surface area (Å²) < 4.78 is 1.83. The molecule has 3 aromatic heterocycles. The molecular formula is C28H32N8. The van der Waals surface area contributed by atoms with E-state index in [9.17, 15) is 0 Å². The van der Waals surface area contributed by atoms with Gasteiger partial charge in [0, 0.05) is 53.4 Å². The Kier molecular flexibility index (Phi) is 5.81. The SMILES string of the molecule is CC(C)c1cnn2c(NCc3ccccc3-c3cc4ccccc4[nH]3)nc(N3CCC(N)CC3)nc12. The number of nitrogens with two attached hydrogens (primary N) is 1. The predicted octanol–water partition coefficient (Wildman–Crippen LogP) is 4.94. The molecule has 8 heteroatoms. The number of benzene rings is 2. The van der Waals surface area contributed by atoms with E-state index in [1.165, 1.54) is 16.5 Å². The lowest BCUT2D eigenvalue weighted by Gasteiger charge is -2.30. The number of piperidine rings is 1. The molecule has 0 amide bonds. The summed E-state index contributed by atoms with van der Waals surface area (Å²) >= 11 is 0. The summed E-state index contributed by atoms with van der Waals surface area (Å²) in [7, 11) is 0. The summed E-state index contributed by atoms with van der Waals surface area (Å²) in [6, 6.07) is 19.3. The minimum absolute atomic E-state index is 0.255. The molecule has 1 saturated heterocycles. The molecule has 6 rings (SSSR count). The number of aromatic nitrogens is 5. The predicted molar refractivity (Wildman–Crippen MR) is 145 cm³/mol. The van der Waals surface area contributed by atoms with E-state index >= 15 is 0 Å². The largest absolute Gasteiger partial charge is 0.355 e. The van der Waals surface area contributed by atoms with E-state index in [1.807, 2.05) is 10.7 Å². The highest BCUT2D eigenvalue weighted by Gasteiger charge is 2.22. The van der Waals surface area contributed by atoms with Gasteiger partial charge < -0.3 is 20.9 Å². The third-order valence-corrected chi connectivity index (χ3v) is 7.10. The number of anilines is 2. The van der Waals surface area contributed by atoms with Gasteiger partial charge in [-0.05, 0) is 36.5 Å². The Hall–Kier alpha value is -3.91. The van der Waals surface area contributed by atoms with Crippen LogP contribution in [-0.2, 0) is 6.54 Å². The maximum absolute atomic E-state index is 6.15. The summed E-state index contributed by atoms with van der Waals surface area (Å²) in [6.07, 6.45) is 3.81. The Balaban J connectivity index is 1.35. The van der Waals surface area contributed by atoms with Crippen LogP contribution in [0.1, 0.15) is 43.7 Å². The van der Waals surface area contributed by atoms with Crippen LogP contribution in [0.15, 0.2) is 60.8 Å². The highest BCUT2D eigenvalue weighted by molar-refractivity contribution is 5.86. The fourth-order valence-electron chi connectivity index (χ4n) is 4.98. The summed E-state index contributed by atoms with van der Waals surface area (Å²) in [5.74, 6) is 1.75. The third-order valence-electron chi connectivity index (χ3n) is 7.10. The van der Waals surface area contributed by atoms with Gasteiger partial charge in [-0.25, -0.2) is 0 Å². The molecule has 5 aromatic rings. The smallest absolute Gasteiger partial charge is 0.230 e. The van der Waals surface area contributed by atoms with E-state index in [2.05, 4.69) is 88.7 Å². The van der Waals surface area contributed by atoms with Crippen molar-refractivity contribution in [1.29, 1.82) is 0 Å². The molecule has 2 aromatic carbocycles. The van der Waals surface area contributed by atoms with E-state index in [0.717, 1.165) is 54.3 Å². The molecule has 4 heterocycles. The highest BCUT2D eigenvalue weighted by atomic mass is 15.4. The molecule has 8 nitrogen and oxygen atoms in total. The molecule has 184 valence electrons. The van der Waals surface area contributed by atoms with E-state index in [-0.39, 0.29) is 6.04 Å². The average Bonchev–Trinajstić information content (AvgIpc) is 3.52. The molecular weight excluding hydrogens is 448 g/mol. The van der Waals surface area contributed by atoms with Gasteiger partial charge in [-0.15, -0.1) is 0 Å². The second-order valence-electron chi connectivity index (χ2n) is 9.94. The number of rotatable bonds is 6. The van der Waals surface area contributed by atoms with Crippen LogP contribution in [0.25, 0.3) is 27.8 Å². The molecule has 0 aliphatic carbocycles. The van der Waals surface area contributed by atoms with Gasteiger partial charge >= 0.3 is 0 Å². The van der Waals surface area contributed by atoms with Crippen LogP contribution in [-0.4, -0.2) is 43.7 Å². The van der Waals surface area contributed by atoms with Crippen molar-refractivity contribution in [3.63, 3.8) is 0 Å². The van der Waals surface area contributed by atoms with Gasteiger partial charge in [0.25, 0.3) is 0 Å². The second kappa shape index (κ2) is 9.28. The molecule has 0 bridgehead atoms. The van der Waals surface area contributed by atoms with Gasteiger partial charge in [0.1, 0.15) is 0 Å². The van der Waals surface area contributed by atoms with Crippen molar-refractivity contribution < 1.29 is 0 Å². The molecule has 36 heavy (non-hydrogen) atoms. The average molecular weight is 481 g/mol. The summed E-state index contributed by atoms with van der Waals surface area (Å²) in [5.41, 5.74) is 12.7. The lowest BCUT2D eigenvalue weighted by molar-refractivity contribution is 0.495. The Bertz CT molecular complexity index is 1470. The van der Waals surface area contributed by atoms with E-state index < -0.39 is 0 Å². The summed E-state index contributed by atoms with van der Waals surface area (Å²) in [5, 5.41) is 9.42. The summed E-state index contributed by atoms with van der Waals surface area (Å²) in [4.78, 5) is 15.7. The van der Waals surface area contributed by atoms with Crippen molar-refractivity contribution in [3.8, 4) is 11.3 Å². The number of fused-ring (bicyclic) bond motifs is 2. The first kappa shape index (κ1) is 22.5. The minimum Gasteiger partial charge on any atom is -0.355 e. The Morgan fingerprint density at radius 3 is 2.64 bits per heavy atom. The molecule has 1 aliphatic heterocycles. The van der Waals surface area contributed by atoms with Crippen molar-refractivity contribution in [2.75, 3.05) is 23.3 Å². The van der Waals surface area contributed by atoms with Crippen molar-refractivity contribution in [2.45, 2.75) is 45.2 Å². The monoisotopic (exact) mass is 480 g/mol. The van der Waals surface area contributed by atoms with Crippen LogP contribution in [0.4, 0.5) is 11.9 Å². The zero-order valence-electron chi connectivity index (χ0n) is 20.8. The number of nitrogens with one attached hydrogen (secondary N) is 2. The molecule has 0 saturated carbocycles. The van der Waals surface area contributed by atoms with Gasteiger partial charge in [0.2, 0.25) is 11.9 Å². The summed E-state index contributed by atoms with van der Waals surface area (Å²) in [6.45, 7) is 6.68. The first-order valence-corrected chi connectivity index (χ1v) is 12.7. The zero-order valence-corrected chi connectivity index (χ0v) is 20.8. The molecule has 1 fully saturated rings. The van der Waals surface area contributed by atoms with Crippen LogP contribution in [0.5, 0.6) is 0 Å². The number of hydrogen-bond donors (Lipinski definition) is 3. The van der Waals surface area contributed by atoms with Crippen LogP contribution in [0.3, 0.4) is 0 Å². The topological polar surface area (TPSA) is 100 Å². The first-order valence-electron chi connectivity index (χ1n) is 12.7. The molecule has 1 aliphatic rings. The first-order chi connectivity index (χ1) is 17.6. The maximum Gasteiger partial charge on any atom is 0.230 e. The highest BCUT2D eigenvalue weighted by Crippen LogP contribution is 2.29. The van der Waals surface area contributed by atoms with Crippen molar-refractivity contribution in [3.05, 3.63) is 71.9 Å². The van der Waals surface area contributed by atoms with Gasteiger partial charge in [0.05, 0.1) is 6.20 Å². The lowest BCUT2D eigenvalue weighted by atomic mass is 10.0. The minimum atomic E-state index is 0.255. The Labute approximate surface area is 210 Å². The Morgan fingerprint density at radius 1 is 1.06 bits per heavy atom. The fourth-order valence-corrected chi connectivity index (χ4v) is 4.98. The molecule has 0 radical (unpaired) electrons. The van der Waals surface area contributed by atoms with Gasteiger partial charge in [-0.3, -0.25) is 0 Å². The maximum atomic E-state index is 6.15. The van der Waals surface area contributed by atoms with Gasteiger partial charge in [0.15, 0.2) is 5.65 Å². The van der Waals surface area contributed by atoms with Crippen LogP contribution < -0.4 is 16.0 Å². The quantitative estimate of drug-likeness (QED) is 0.318. The molecule has 0 unspecified atom stereocenters. The van der Waals surface area contributed by atoms with Gasteiger partial charge in [-0.1, -0.05) is 56.3 Å². The van der Waals surface area contributed by atoms with E-state index in [1.54, 1.807) is 0 Å². The Morgan fingerprint density at radius 2 is 1.83 bits per heavy atom. The lowest BCUT2D eigenvalue weighted by Crippen LogP contribution is -2.40. The molecule has 4 N–H and O–H groups in total. The number of hydrogen-bond acceptors (Lipinski definition) is 6. The zero-order chi connectivity index (χ0) is 24.6. The van der Waals surface area contributed by atoms with Gasteiger partial charge in [-0.2, -0.15) is 19.6 Å². The van der Waals surface area contributed by atoms with E-state index in [4.69, 9.17) is 15.7 Å². The third kappa shape index (κ3) is 4.18. The van der Waals surface area contributed by atoms with Crippen molar-refractivity contribution in [1.82, 2.24) is 24.6 Å². The number of nitrogens with zero attached hydrogens (tertiary/aromatic N) is 5. The standard InChI is InChI=1S/C28H32N8/c1-18(2)23-17-31-36-26(23)33-28(35-13-11-21(29)12-14-35)34-27(36)30-16-20-8-3-5-9-22(20)25-15-19-7-4-6-10-24(19)32-25/h3-10,15,17-18,21,32H,11-14,16,29H2,1-2H3,(H,30,33,34). The number of aromatic amines is 1. The van der Waals surface area contributed by atoms with Crippen LogP contribution >= 0.6 is 0 Å². The van der Waals surface area contributed by atoms with Crippen molar-refractivity contribution >= 4 is 28.4 Å². The molecule has 0 spiro atoms. The second-order valence-corrected chi connectivity index (χ2v) is 9.94. The normalized spacial score (nSPS) is 14.8. The van der Waals surface area contributed by atoms with E-state index in [0.29, 0.717) is 18.4 Å². The molecule has 0 atom stereocenters. The number of para-hydroxylation sites is 1. The number of H-pyrrole nitrogens is 1. The fraction of sp³-hybridized carbons (Fsp3) is 0.321. The van der Waals surface area contributed by atoms with Crippen LogP contribution in [0.2, 0.25) is 0 Å². The van der Waals surface area contributed by atoms with Crippen LogP contribution in [0, 0.1) is 0 Å². The van der Waals surface area contributed by atoms with Crippen molar-refractivity contribution in [2.24, 2.45) is 5.73 Å².